The first-order chi connectivity index (χ1) is 13.0. The predicted octanol–water partition coefficient (Wildman–Crippen LogP) is 4.59. The minimum absolute atomic E-state index is 0.0790. The number of anilines is 1. The van der Waals surface area contributed by atoms with Crippen LogP contribution in [0.3, 0.4) is 0 Å². The molecule has 1 saturated heterocycles. The Kier molecular flexibility index (Phi) is 6.15. The lowest BCUT2D eigenvalue weighted by atomic mass is 10.1. The maximum atomic E-state index is 12.5. The molecule has 0 radical (unpaired) electrons. The van der Waals surface area contributed by atoms with Gasteiger partial charge in [-0.3, -0.25) is 4.79 Å². The van der Waals surface area contributed by atoms with E-state index >= 15 is 0 Å². The van der Waals surface area contributed by atoms with Crippen molar-refractivity contribution in [2.75, 3.05) is 11.9 Å². The van der Waals surface area contributed by atoms with Crippen LogP contribution in [0.5, 0.6) is 0 Å². The second-order valence-corrected chi connectivity index (χ2v) is 7.62. The van der Waals surface area contributed by atoms with Gasteiger partial charge in [-0.25, -0.2) is 0 Å². The number of benzene rings is 1. The number of nitriles is 1. The van der Waals surface area contributed by atoms with E-state index in [-0.39, 0.29) is 11.7 Å². The number of halogens is 1. The first-order valence-corrected chi connectivity index (χ1v) is 9.74. The Morgan fingerprint density at radius 2 is 2.15 bits per heavy atom. The summed E-state index contributed by atoms with van der Waals surface area (Å²) < 4.78 is 8.86. The van der Waals surface area contributed by atoms with Crippen molar-refractivity contribution in [2.45, 2.75) is 39.3 Å². The molecule has 2 heterocycles. The number of nitrogens with one attached hydrogen (secondary N) is 1. The monoisotopic (exact) mass is 427 g/mol. The zero-order valence-electron chi connectivity index (χ0n) is 15.5. The van der Waals surface area contributed by atoms with Crippen LogP contribution in [0.2, 0.25) is 0 Å². The molecule has 1 aromatic heterocycles. The number of ether oxygens (including phenoxy) is 1. The molecule has 27 heavy (non-hydrogen) atoms. The molecule has 2 aromatic rings. The minimum Gasteiger partial charge on any atom is -0.376 e. The summed E-state index contributed by atoms with van der Waals surface area (Å²) in [6, 6.07) is 11.3. The zero-order valence-corrected chi connectivity index (χ0v) is 17.0. The van der Waals surface area contributed by atoms with Gasteiger partial charge in [0.25, 0.3) is 5.91 Å². The number of aryl methyl sites for hydroxylation is 1. The van der Waals surface area contributed by atoms with Crippen LogP contribution in [0, 0.1) is 25.2 Å². The highest BCUT2D eigenvalue weighted by atomic mass is 79.9. The van der Waals surface area contributed by atoms with Crippen LogP contribution >= 0.6 is 15.9 Å². The highest BCUT2D eigenvalue weighted by Gasteiger charge is 2.19. The van der Waals surface area contributed by atoms with Crippen LogP contribution in [0.15, 0.2) is 40.4 Å². The van der Waals surface area contributed by atoms with Crippen molar-refractivity contribution >= 4 is 33.6 Å². The summed E-state index contributed by atoms with van der Waals surface area (Å²) in [5.74, 6) is -0.413. The highest BCUT2D eigenvalue weighted by molar-refractivity contribution is 9.10. The van der Waals surface area contributed by atoms with Crippen molar-refractivity contribution in [1.29, 1.82) is 5.26 Å². The third-order valence-corrected chi connectivity index (χ3v) is 5.32. The van der Waals surface area contributed by atoms with Gasteiger partial charge >= 0.3 is 0 Å². The van der Waals surface area contributed by atoms with Gasteiger partial charge in [-0.2, -0.15) is 5.26 Å². The molecule has 1 fully saturated rings. The van der Waals surface area contributed by atoms with Gasteiger partial charge in [0, 0.05) is 34.7 Å². The van der Waals surface area contributed by atoms with Crippen molar-refractivity contribution in [3.8, 4) is 6.07 Å². The lowest BCUT2D eigenvalue weighted by molar-refractivity contribution is -0.112. The topological polar surface area (TPSA) is 67.0 Å². The second-order valence-electron chi connectivity index (χ2n) is 6.70. The summed E-state index contributed by atoms with van der Waals surface area (Å²) in [4.78, 5) is 12.5. The summed E-state index contributed by atoms with van der Waals surface area (Å²) in [5.41, 5.74) is 3.74. The maximum Gasteiger partial charge on any atom is 0.266 e. The van der Waals surface area contributed by atoms with E-state index in [9.17, 15) is 10.1 Å². The number of aromatic nitrogens is 1. The van der Waals surface area contributed by atoms with Crippen LogP contribution in [-0.4, -0.2) is 23.2 Å². The van der Waals surface area contributed by atoms with E-state index in [4.69, 9.17) is 4.74 Å². The number of amides is 1. The molecule has 1 atom stereocenters. The van der Waals surface area contributed by atoms with Crippen molar-refractivity contribution in [1.82, 2.24) is 4.57 Å². The van der Waals surface area contributed by atoms with Crippen LogP contribution in [-0.2, 0) is 16.1 Å². The molecule has 6 heteroatoms. The quantitative estimate of drug-likeness (QED) is 0.560. The minimum atomic E-state index is -0.413. The normalized spacial score (nSPS) is 17.0. The van der Waals surface area contributed by atoms with E-state index in [1.54, 1.807) is 18.2 Å². The zero-order chi connectivity index (χ0) is 19.4. The standard InChI is InChI=1S/C21H22BrN3O2/c1-14-10-16(15(2)25(14)13-20-4-3-9-27-20)11-17(12-23)21(26)24-19-7-5-18(22)6-8-19/h5-8,10-11,20H,3-4,9,13H2,1-2H3,(H,24,26)/b17-11+. The fourth-order valence-electron chi connectivity index (χ4n) is 3.28. The number of carbonyl (C=O) groups excluding carboxylic acids is 1. The van der Waals surface area contributed by atoms with Gasteiger partial charge in [0.15, 0.2) is 0 Å². The molecule has 1 aliphatic heterocycles. The van der Waals surface area contributed by atoms with Crippen molar-refractivity contribution in [2.24, 2.45) is 0 Å². The maximum absolute atomic E-state index is 12.5. The molecule has 3 rings (SSSR count). The fourth-order valence-corrected chi connectivity index (χ4v) is 3.55. The number of carbonyl (C=O) groups is 1. The Labute approximate surface area is 167 Å². The smallest absolute Gasteiger partial charge is 0.266 e. The van der Waals surface area contributed by atoms with Crippen LogP contribution in [0.1, 0.15) is 29.8 Å². The van der Waals surface area contributed by atoms with Crippen LogP contribution in [0.25, 0.3) is 6.08 Å². The van der Waals surface area contributed by atoms with Gasteiger partial charge < -0.3 is 14.6 Å². The largest absolute Gasteiger partial charge is 0.376 e. The molecule has 1 N–H and O–H groups in total. The van der Waals surface area contributed by atoms with E-state index in [1.165, 1.54) is 0 Å². The molecule has 1 aromatic carbocycles. The molecule has 0 spiro atoms. The average Bonchev–Trinajstić information content (AvgIpc) is 3.25. The van der Waals surface area contributed by atoms with Gasteiger partial charge in [-0.15, -0.1) is 0 Å². The molecule has 0 bridgehead atoms. The van der Waals surface area contributed by atoms with Crippen molar-refractivity contribution < 1.29 is 9.53 Å². The number of rotatable bonds is 5. The molecule has 5 nitrogen and oxygen atoms in total. The van der Waals surface area contributed by atoms with Gasteiger partial charge in [0.1, 0.15) is 11.6 Å². The lowest BCUT2D eigenvalue weighted by Gasteiger charge is -2.14. The fraction of sp³-hybridized carbons (Fsp3) is 0.333. The Balaban J connectivity index is 1.79. The molecule has 1 aliphatic rings. The first-order valence-electron chi connectivity index (χ1n) is 8.95. The van der Waals surface area contributed by atoms with Crippen molar-refractivity contribution in [3.05, 3.63) is 57.3 Å². The van der Waals surface area contributed by atoms with Gasteiger partial charge in [0.05, 0.1) is 6.10 Å². The van der Waals surface area contributed by atoms with E-state index in [1.807, 2.05) is 38.1 Å². The summed E-state index contributed by atoms with van der Waals surface area (Å²) in [6.45, 7) is 5.67. The Hall–Kier alpha value is -2.36. The summed E-state index contributed by atoms with van der Waals surface area (Å²) >= 11 is 3.36. The molecule has 0 saturated carbocycles. The van der Waals surface area contributed by atoms with Gasteiger partial charge in [0.2, 0.25) is 0 Å². The third kappa shape index (κ3) is 4.68. The van der Waals surface area contributed by atoms with Crippen LogP contribution < -0.4 is 5.32 Å². The summed E-state index contributed by atoms with van der Waals surface area (Å²) in [6.07, 6.45) is 4.07. The van der Waals surface area contributed by atoms with Gasteiger partial charge in [-0.05, 0) is 68.7 Å². The molecule has 1 unspecified atom stereocenters. The predicted molar refractivity (Wildman–Crippen MR) is 109 cm³/mol. The molecular weight excluding hydrogens is 406 g/mol. The number of nitrogens with zero attached hydrogens (tertiary/aromatic N) is 2. The van der Waals surface area contributed by atoms with E-state index in [0.29, 0.717) is 5.69 Å². The Bertz CT molecular complexity index is 901. The number of hydrogen-bond acceptors (Lipinski definition) is 3. The highest BCUT2D eigenvalue weighted by Crippen LogP contribution is 2.22. The van der Waals surface area contributed by atoms with E-state index in [2.05, 4.69) is 25.8 Å². The molecule has 1 amide bonds. The number of hydrogen-bond donors (Lipinski definition) is 1. The molecule has 0 aliphatic carbocycles. The average molecular weight is 428 g/mol. The van der Waals surface area contributed by atoms with Gasteiger partial charge in [-0.1, -0.05) is 15.9 Å². The second kappa shape index (κ2) is 8.55. The SMILES string of the molecule is Cc1cc(/C=C(\C#N)C(=O)Nc2ccc(Br)cc2)c(C)n1CC1CCCO1. The summed E-state index contributed by atoms with van der Waals surface area (Å²) in [7, 11) is 0. The Morgan fingerprint density at radius 3 is 2.78 bits per heavy atom. The first kappa shape index (κ1) is 19.4. The van der Waals surface area contributed by atoms with Crippen molar-refractivity contribution in [3.63, 3.8) is 0 Å². The lowest BCUT2D eigenvalue weighted by Crippen LogP contribution is -2.17. The Morgan fingerprint density at radius 1 is 1.41 bits per heavy atom. The molecular formula is C21H22BrN3O2. The molecule has 140 valence electrons. The van der Waals surface area contributed by atoms with E-state index in [0.717, 1.165) is 47.4 Å². The van der Waals surface area contributed by atoms with Crippen LogP contribution in [0.4, 0.5) is 5.69 Å². The van der Waals surface area contributed by atoms with E-state index < -0.39 is 5.91 Å². The summed E-state index contributed by atoms with van der Waals surface area (Å²) in [5, 5.41) is 12.2. The third-order valence-electron chi connectivity index (χ3n) is 4.79.